The summed E-state index contributed by atoms with van der Waals surface area (Å²) >= 11 is 2.92. The average Bonchev–Trinajstić information content (AvgIpc) is 3.68. The Hall–Kier alpha value is -4.42. The van der Waals surface area contributed by atoms with Crippen molar-refractivity contribution in [1.29, 1.82) is 0 Å². The Balaban J connectivity index is 1.26. The maximum absolute atomic E-state index is 12.8. The molecule has 0 spiro atoms. The minimum Gasteiger partial charge on any atom is -0.495 e. The van der Waals surface area contributed by atoms with Crippen LogP contribution in [0.15, 0.2) is 77.5 Å². The molecule has 3 heterocycles. The Kier molecular flexibility index (Phi) is 9.12. The van der Waals surface area contributed by atoms with Crippen LogP contribution in [0.1, 0.15) is 21.1 Å². The maximum Gasteiger partial charge on any atom is 0.270 e. The summed E-state index contributed by atoms with van der Waals surface area (Å²) in [5, 5.41) is 15.2. The number of methoxy groups -OCH3 is 3. The van der Waals surface area contributed by atoms with Crippen LogP contribution in [0.5, 0.6) is 17.2 Å². The molecule has 0 radical (unpaired) electrons. The third kappa shape index (κ3) is 6.50. The fourth-order valence-corrected chi connectivity index (χ4v) is 5.87. The Bertz CT molecular complexity index is 1620. The number of ether oxygens (including phenoxy) is 3. The number of aromatic nitrogens is 5. The molecule has 210 valence electrons. The molecule has 0 aliphatic carbocycles. The molecule has 5 rings (SSSR count). The highest BCUT2D eigenvalue weighted by atomic mass is 32.2. The van der Waals surface area contributed by atoms with Gasteiger partial charge in [-0.1, -0.05) is 30.0 Å². The number of carbonyl (C=O) groups excluding carboxylic acids is 1. The fraction of sp³-hybridized carbons (Fsp3) is 0.207. The number of amides is 1. The number of rotatable bonds is 12. The Morgan fingerprint density at radius 3 is 2.51 bits per heavy atom. The van der Waals surface area contributed by atoms with Gasteiger partial charge in [-0.3, -0.25) is 14.3 Å². The molecular formula is C29H28N6O4S2. The van der Waals surface area contributed by atoms with Crippen LogP contribution in [0.4, 0.5) is 0 Å². The molecule has 0 aliphatic rings. The second-order valence-electron chi connectivity index (χ2n) is 8.66. The lowest BCUT2D eigenvalue weighted by atomic mass is 10.1. The third-order valence-corrected chi connectivity index (χ3v) is 8.13. The summed E-state index contributed by atoms with van der Waals surface area (Å²) in [6.45, 7) is 0.468. The number of nitrogens with one attached hydrogen (secondary N) is 1. The topological polar surface area (TPSA) is 113 Å². The van der Waals surface area contributed by atoms with Crippen LogP contribution in [0.25, 0.3) is 17.1 Å². The first-order chi connectivity index (χ1) is 20.1. The summed E-state index contributed by atoms with van der Waals surface area (Å²) in [4.78, 5) is 21.4. The predicted molar refractivity (Wildman–Crippen MR) is 158 cm³/mol. The van der Waals surface area contributed by atoms with Gasteiger partial charge in [-0.2, -0.15) is 0 Å². The maximum atomic E-state index is 12.8. The molecule has 2 aromatic carbocycles. The molecule has 0 fully saturated rings. The lowest BCUT2D eigenvalue weighted by molar-refractivity contribution is 0.0949. The van der Waals surface area contributed by atoms with E-state index < -0.39 is 0 Å². The summed E-state index contributed by atoms with van der Waals surface area (Å²) < 4.78 is 18.2. The van der Waals surface area contributed by atoms with Gasteiger partial charge in [-0.25, -0.2) is 4.98 Å². The zero-order valence-corrected chi connectivity index (χ0v) is 24.4. The summed E-state index contributed by atoms with van der Waals surface area (Å²) in [7, 11) is 4.84. The first-order valence-electron chi connectivity index (χ1n) is 12.7. The molecule has 0 saturated heterocycles. The van der Waals surface area contributed by atoms with Crippen molar-refractivity contribution in [2.24, 2.45) is 0 Å². The van der Waals surface area contributed by atoms with Crippen molar-refractivity contribution in [3.05, 3.63) is 88.6 Å². The highest BCUT2D eigenvalue weighted by molar-refractivity contribution is 7.98. The number of thiazole rings is 1. The molecule has 5 aromatic rings. The zero-order valence-electron chi connectivity index (χ0n) is 22.7. The minimum absolute atomic E-state index is 0.213. The van der Waals surface area contributed by atoms with Gasteiger partial charge in [0.25, 0.3) is 5.91 Å². The highest BCUT2D eigenvalue weighted by Gasteiger charge is 2.20. The van der Waals surface area contributed by atoms with E-state index in [4.69, 9.17) is 14.2 Å². The van der Waals surface area contributed by atoms with E-state index in [9.17, 15) is 4.79 Å². The Morgan fingerprint density at radius 1 is 0.951 bits per heavy atom. The van der Waals surface area contributed by atoms with Gasteiger partial charge in [0.05, 0.1) is 32.8 Å². The van der Waals surface area contributed by atoms with E-state index in [1.54, 1.807) is 39.1 Å². The van der Waals surface area contributed by atoms with Gasteiger partial charge in [0.1, 0.15) is 16.5 Å². The number of thioether (sulfide) groups is 1. The monoisotopic (exact) mass is 588 g/mol. The van der Waals surface area contributed by atoms with E-state index in [1.165, 1.54) is 23.1 Å². The standard InChI is InChI=1S/C29H28N6O4S2/c1-37-23-7-5-4-6-22(23)35-27(20-11-13-30-14-12-20)33-34-29(35)41-18-26-32-21(17-40-26)28(36)31-15-10-19-8-9-24(38-2)25(16-19)39-3/h4-9,11-14,16-17H,10,15,18H2,1-3H3,(H,31,36). The molecular weight excluding hydrogens is 560 g/mol. The summed E-state index contributed by atoms with van der Waals surface area (Å²) in [5.74, 6) is 3.01. The first kappa shape index (κ1) is 28.1. The molecule has 0 saturated carbocycles. The van der Waals surface area contributed by atoms with Gasteiger partial charge in [0, 0.05) is 29.9 Å². The molecule has 12 heteroatoms. The second-order valence-corrected chi connectivity index (χ2v) is 10.5. The van der Waals surface area contributed by atoms with Crippen LogP contribution >= 0.6 is 23.1 Å². The molecule has 0 unspecified atom stereocenters. The number of nitrogens with zero attached hydrogens (tertiary/aromatic N) is 5. The van der Waals surface area contributed by atoms with Crippen LogP contribution < -0.4 is 19.5 Å². The van der Waals surface area contributed by atoms with Crippen molar-refractivity contribution in [1.82, 2.24) is 30.0 Å². The SMILES string of the molecule is COc1ccc(CCNC(=O)c2csc(CSc3nnc(-c4ccncc4)n3-c3ccccc3OC)n2)cc1OC. The van der Waals surface area contributed by atoms with E-state index in [1.807, 2.05) is 59.2 Å². The van der Waals surface area contributed by atoms with Gasteiger partial charge in [-0.05, 0) is 48.4 Å². The highest BCUT2D eigenvalue weighted by Crippen LogP contribution is 2.34. The molecule has 0 bridgehead atoms. The van der Waals surface area contributed by atoms with E-state index in [0.717, 1.165) is 21.8 Å². The van der Waals surface area contributed by atoms with Crippen molar-refractivity contribution in [3.63, 3.8) is 0 Å². The van der Waals surface area contributed by atoms with Crippen molar-refractivity contribution in [2.45, 2.75) is 17.3 Å². The Labute approximate surface area is 245 Å². The zero-order chi connectivity index (χ0) is 28.6. The molecule has 0 atom stereocenters. The number of pyridine rings is 1. The van der Waals surface area contributed by atoms with Crippen molar-refractivity contribution < 1.29 is 19.0 Å². The average molecular weight is 589 g/mol. The third-order valence-electron chi connectivity index (χ3n) is 6.15. The smallest absolute Gasteiger partial charge is 0.270 e. The fourth-order valence-electron chi connectivity index (χ4n) is 4.14. The lowest BCUT2D eigenvalue weighted by Crippen LogP contribution is -2.26. The largest absolute Gasteiger partial charge is 0.495 e. The van der Waals surface area contributed by atoms with Crippen LogP contribution in [0.3, 0.4) is 0 Å². The van der Waals surface area contributed by atoms with Crippen LogP contribution in [-0.4, -0.2) is 58.5 Å². The van der Waals surface area contributed by atoms with Crippen molar-refractivity contribution in [3.8, 4) is 34.3 Å². The van der Waals surface area contributed by atoms with Gasteiger partial charge < -0.3 is 19.5 Å². The molecule has 10 nitrogen and oxygen atoms in total. The van der Waals surface area contributed by atoms with E-state index >= 15 is 0 Å². The summed E-state index contributed by atoms with van der Waals surface area (Å²) in [6, 6.07) is 17.2. The van der Waals surface area contributed by atoms with Crippen LogP contribution in [-0.2, 0) is 12.2 Å². The van der Waals surface area contributed by atoms with Gasteiger partial charge in [-0.15, -0.1) is 21.5 Å². The number of hydrogen-bond acceptors (Lipinski definition) is 10. The van der Waals surface area contributed by atoms with Gasteiger partial charge >= 0.3 is 0 Å². The Morgan fingerprint density at radius 2 is 1.73 bits per heavy atom. The van der Waals surface area contributed by atoms with Crippen molar-refractivity contribution in [2.75, 3.05) is 27.9 Å². The number of para-hydroxylation sites is 2. The number of hydrogen-bond donors (Lipinski definition) is 1. The number of benzene rings is 2. The van der Waals surface area contributed by atoms with Crippen LogP contribution in [0, 0.1) is 0 Å². The molecule has 1 N–H and O–H groups in total. The van der Waals surface area contributed by atoms with E-state index in [2.05, 4.69) is 25.5 Å². The van der Waals surface area contributed by atoms with Crippen LogP contribution in [0.2, 0.25) is 0 Å². The lowest BCUT2D eigenvalue weighted by Gasteiger charge is -2.13. The van der Waals surface area contributed by atoms with E-state index in [0.29, 0.717) is 52.6 Å². The molecule has 3 aromatic heterocycles. The number of carbonyl (C=O) groups is 1. The van der Waals surface area contributed by atoms with Gasteiger partial charge in [0.2, 0.25) is 0 Å². The first-order valence-corrected chi connectivity index (χ1v) is 14.5. The molecule has 0 aliphatic heterocycles. The normalized spacial score (nSPS) is 10.8. The minimum atomic E-state index is -0.213. The predicted octanol–water partition coefficient (Wildman–Crippen LogP) is 5.08. The summed E-state index contributed by atoms with van der Waals surface area (Å²) in [6.07, 6.45) is 4.09. The quantitative estimate of drug-likeness (QED) is 0.199. The molecule has 1 amide bonds. The second kappa shape index (κ2) is 13.3. The molecule has 41 heavy (non-hydrogen) atoms. The van der Waals surface area contributed by atoms with E-state index in [-0.39, 0.29) is 5.91 Å². The van der Waals surface area contributed by atoms with Crippen molar-refractivity contribution >= 4 is 29.0 Å². The van der Waals surface area contributed by atoms with Gasteiger partial charge in [0.15, 0.2) is 22.5 Å². The summed E-state index contributed by atoms with van der Waals surface area (Å²) in [5.41, 5.74) is 3.12.